The van der Waals surface area contributed by atoms with Crippen molar-refractivity contribution in [1.82, 2.24) is 4.98 Å². The number of rotatable bonds is 0. The van der Waals surface area contributed by atoms with E-state index in [-0.39, 0.29) is 21.4 Å². The smallest absolute Gasteiger partial charge is 0.208 e. The lowest BCUT2D eigenvalue weighted by atomic mass is 10.2. The number of hydrogen-bond donors (Lipinski definition) is 1. The third-order valence-corrected chi connectivity index (χ3v) is 3.05. The van der Waals surface area contributed by atoms with E-state index in [1.165, 1.54) is 6.07 Å². The maximum Gasteiger partial charge on any atom is 0.208 e. The number of hydrogen-bond acceptors (Lipinski definition) is 1. The zero-order valence-electron chi connectivity index (χ0n) is 7.70. The molecule has 78 valence electrons. The quantitative estimate of drug-likeness (QED) is 0.792. The van der Waals surface area contributed by atoms with Crippen molar-refractivity contribution in [3.05, 3.63) is 43.4 Å². The highest BCUT2D eigenvalue weighted by Crippen LogP contribution is 2.22. The number of halogens is 3. The zero-order valence-corrected chi connectivity index (χ0v) is 10.0. The number of aryl methyl sites for hydroxylation is 1. The summed E-state index contributed by atoms with van der Waals surface area (Å²) in [7, 11) is 0. The van der Waals surface area contributed by atoms with Crippen LogP contribution in [0.15, 0.2) is 21.4 Å². The molecular weight excluding hydrogens is 284 g/mol. The van der Waals surface area contributed by atoms with Crippen LogP contribution in [-0.2, 0) is 0 Å². The van der Waals surface area contributed by atoms with Crippen molar-refractivity contribution in [3.8, 4) is 0 Å². The van der Waals surface area contributed by atoms with Gasteiger partial charge in [0.2, 0.25) is 5.43 Å². The van der Waals surface area contributed by atoms with E-state index < -0.39 is 5.82 Å². The number of benzene rings is 1. The molecule has 0 aliphatic carbocycles. The lowest BCUT2D eigenvalue weighted by Gasteiger charge is -2.04. The average molecular weight is 291 g/mol. The van der Waals surface area contributed by atoms with Crippen LogP contribution in [0.4, 0.5) is 4.39 Å². The molecule has 5 heteroatoms. The molecular formula is C10H6BrClFNO. The van der Waals surface area contributed by atoms with Gasteiger partial charge in [-0.15, -0.1) is 0 Å². The Morgan fingerprint density at radius 2 is 2.13 bits per heavy atom. The number of fused-ring (bicyclic) bond motifs is 1. The van der Waals surface area contributed by atoms with E-state index >= 15 is 0 Å². The molecule has 0 spiro atoms. The van der Waals surface area contributed by atoms with E-state index in [4.69, 9.17) is 11.6 Å². The second-order valence-electron chi connectivity index (χ2n) is 3.20. The Balaban J connectivity index is 3.06. The SMILES string of the molecule is Cc1[nH]c2c(F)cc(Br)cc2c(=O)c1Cl. The lowest BCUT2D eigenvalue weighted by molar-refractivity contribution is 0.635. The van der Waals surface area contributed by atoms with Crippen molar-refractivity contribution in [2.45, 2.75) is 6.92 Å². The molecule has 1 N–H and O–H groups in total. The Labute approximate surface area is 98.2 Å². The minimum atomic E-state index is -0.476. The van der Waals surface area contributed by atoms with Crippen molar-refractivity contribution in [1.29, 1.82) is 0 Å². The van der Waals surface area contributed by atoms with Crippen LogP contribution in [0.25, 0.3) is 10.9 Å². The van der Waals surface area contributed by atoms with Crippen LogP contribution in [0.2, 0.25) is 5.02 Å². The lowest BCUT2D eigenvalue weighted by Crippen LogP contribution is -2.07. The highest BCUT2D eigenvalue weighted by atomic mass is 79.9. The van der Waals surface area contributed by atoms with Gasteiger partial charge in [-0.3, -0.25) is 4.79 Å². The molecule has 1 heterocycles. The molecule has 2 rings (SSSR count). The normalized spacial score (nSPS) is 10.9. The molecule has 15 heavy (non-hydrogen) atoms. The number of aromatic nitrogens is 1. The van der Waals surface area contributed by atoms with Gasteiger partial charge in [0.25, 0.3) is 0 Å². The van der Waals surface area contributed by atoms with Crippen LogP contribution in [-0.4, -0.2) is 4.98 Å². The summed E-state index contributed by atoms with van der Waals surface area (Å²) in [5, 5.41) is 0.345. The standard InChI is InChI=1S/C10H6BrClFNO/c1-4-8(12)10(15)6-2-5(11)3-7(13)9(6)14-4/h2-3H,1H3,(H,14,15). The summed E-state index contributed by atoms with van der Waals surface area (Å²) in [5.41, 5.74) is 0.295. The van der Waals surface area contributed by atoms with Crippen LogP contribution in [0.5, 0.6) is 0 Å². The Hall–Kier alpha value is -0.870. The van der Waals surface area contributed by atoms with E-state index in [1.54, 1.807) is 13.0 Å². The summed E-state index contributed by atoms with van der Waals surface area (Å²) in [4.78, 5) is 14.5. The van der Waals surface area contributed by atoms with Gasteiger partial charge < -0.3 is 4.98 Å². The molecule has 0 fully saturated rings. The maximum absolute atomic E-state index is 13.5. The molecule has 2 nitrogen and oxygen atoms in total. The van der Waals surface area contributed by atoms with Gasteiger partial charge in [-0.2, -0.15) is 0 Å². The van der Waals surface area contributed by atoms with E-state index in [0.29, 0.717) is 10.2 Å². The first-order chi connectivity index (χ1) is 7.00. The van der Waals surface area contributed by atoms with Crippen molar-refractivity contribution >= 4 is 38.4 Å². The van der Waals surface area contributed by atoms with Gasteiger partial charge in [-0.25, -0.2) is 4.39 Å². The van der Waals surface area contributed by atoms with Crippen molar-refractivity contribution in [3.63, 3.8) is 0 Å². The first kappa shape index (κ1) is 10.6. The fraction of sp³-hybridized carbons (Fsp3) is 0.100. The molecule has 0 bridgehead atoms. The number of nitrogens with one attached hydrogen (secondary N) is 1. The molecule has 0 saturated heterocycles. The predicted molar refractivity (Wildman–Crippen MR) is 62.0 cm³/mol. The third kappa shape index (κ3) is 1.68. The van der Waals surface area contributed by atoms with Crippen molar-refractivity contribution < 1.29 is 4.39 Å². The van der Waals surface area contributed by atoms with Crippen LogP contribution < -0.4 is 5.43 Å². The zero-order chi connectivity index (χ0) is 11.2. The summed E-state index contributed by atoms with van der Waals surface area (Å²) in [6, 6.07) is 2.84. The van der Waals surface area contributed by atoms with Crippen molar-refractivity contribution in [2.75, 3.05) is 0 Å². The first-order valence-electron chi connectivity index (χ1n) is 4.18. The van der Waals surface area contributed by atoms with E-state index in [1.807, 2.05) is 0 Å². The van der Waals surface area contributed by atoms with Gasteiger partial charge >= 0.3 is 0 Å². The van der Waals surface area contributed by atoms with Crippen LogP contribution in [0.3, 0.4) is 0 Å². The monoisotopic (exact) mass is 289 g/mol. The van der Waals surface area contributed by atoms with E-state index in [0.717, 1.165) is 0 Å². The molecule has 0 aliphatic heterocycles. The summed E-state index contributed by atoms with van der Waals surface area (Å²) >= 11 is 8.90. The second kappa shape index (κ2) is 3.61. The molecule has 1 aromatic carbocycles. The van der Waals surface area contributed by atoms with Gasteiger partial charge in [0, 0.05) is 10.2 Å². The Morgan fingerprint density at radius 3 is 2.80 bits per heavy atom. The number of aromatic amines is 1. The molecule has 0 atom stereocenters. The third-order valence-electron chi connectivity index (χ3n) is 2.14. The van der Waals surface area contributed by atoms with Gasteiger partial charge in [0.15, 0.2) is 0 Å². The fourth-order valence-corrected chi connectivity index (χ4v) is 1.99. The molecule has 2 aromatic rings. The molecule has 1 aromatic heterocycles. The second-order valence-corrected chi connectivity index (χ2v) is 4.50. The molecule has 0 saturated carbocycles. The Kier molecular flexibility index (Phi) is 2.56. The topological polar surface area (TPSA) is 32.9 Å². The van der Waals surface area contributed by atoms with E-state index in [9.17, 15) is 9.18 Å². The maximum atomic E-state index is 13.5. The minimum absolute atomic E-state index is 0.0972. The highest BCUT2D eigenvalue weighted by Gasteiger charge is 2.11. The predicted octanol–water partition coefficient (Wildman–Crippen LogP) is 3.39. The van der Waals surface area contributed by atoms with E-state index in [2.05, 4.69) is 20.9 Å². The highest BCUT2D eigenvalue weighted by molar-refractivity contribution is 9.10. The number of H-pyrrole nitrogens is 1. The van der Waals surface area contributed by atoms with Crippen LogP contribution >= 0.6 is 27.5 Å². The average Bonchev–Trinajstić information content (AvgIpc) is 2.17. The first-order valence-corrected chi connectivity index (χ1v) is 5.35. The number of pyridine rings is 1. The van der Waals surface area contributed by atoms with Gasteiger partial charge in [-0.1, -0.05) is 27.5 Å². The Morgan fingerprint density at radius 1 is 1.47 bits per heavy atom. The summed E-state index contributed by atoms with van der Waals surface area (Å²) in [5.74, 6) is -0.476. The summed E-state index contributed by atoms with van der Waals surface area (Å²) < 4.78 is 14.0. The van der Waals surface area contributed by atoms with Crippen LogP contribution in [0, 0.1) is 12.7 Å². The van der Waals surface area contributed by atoms with Crippen LogP contribution in [0.1, 0.15) is 5.69 Å². The molecule has 0 unspecified atom stereocenters. The largest absolute Gasteiger partial charge is 0.355 e. The summed E-state index contributed by atoms with van der Waals surface area (Å²) in [6.45, 7) is 1.63. The summed E-state index contributed by atoms with van der Waals surface area (Å²) in [6.07, 6.45) is 0. The Bertz CT molecular complexity index is 608. The molecule has 0 aliphatic rings. The van der Waals surface area contributed by atoms with Gasteiger partial charge in [0.05, 0.1) is 10.9 Å². The fourth-order valence-electron chi connectivity index (χ4n) is 1.41. The van der Waals surface area contributed by atoms with Gasteiger partial charge in [-0.05, 0) is 19.1 Å². The molecule has 0 amide bonds. The molecule has 0 radical (unpaired) electrons. The minimum Gasteiger partial charge on any atom is -0.355 e. The van der Waals surface area contributed by atoms with Crippen molar-refractivity contribution in [2.24, 2.45) is 0 Å². The van der Waals surface area contributed by atoms with Gasteiger partial charge in [0.1, 0.15) is 10.8 Å².